The van der Waals surface area contributed by atoms with Gasteiger partial charge in [-0.3, -0.25) is 4.79 Å². The molecule has 2 aliphatic rings. The zero-order valence-electron chi connectivity index (χ0n) is 11.3. The number of hydrogen-bond acceptors (Lipinski definition) is 2. The van der Waals surface area contributed by atoms with E-state index in [4.69, 9.17) is 6.42 Å². The van der Waals surface area contributed by atoms with Crippen molar-refractivity contribution in [3.63, 3.8) is 0 Å². The average molecular weight is 248 g/mol. The van der Waals surface area contributed by atoms with E-state index in [2.05, 4.69) is 11.2 Å². The lowest BCUT2D eigenvalue weighted by atomic mass is 9.98. The molecule has 0 aromatic carbocycles. The molecule has 0 spiro atoms. The van der Waals surface area contributed by atoms with Gasteiger partial charge in [0.2, 0.25) is 5.91 Å². The lowest BCUT2D eigenvalue weighted by Crippen LogP contribution is -2.48. The maximum absolute atomic E-state index is 12.1. The molecule has 0 aromatic rings. The van der Waals surface area contributed by atoms with Crippen LogP contribution in [0.15, 0.2) is 0 Å². The molecule has 0 aromatic heterocycles. The molecule has 3 nitrogen and oxygen atoms in total. The Balaban J connectivity index is 1.74. The number of hydrogen-bond donors (Lipinski definition) is 1. The van der Waals surface area contributed by atoms with E-state index in [1.165, 1.54) is 12.8 Å². The first-order valence-electron chi connectivity index (χ1n) is 7.16. The molecule has 1 N–H and O–H groups in total. The van der Waals surface area contributed by atoms with E-state index < -0.39 is 0 Å². The molecule has 0 radical (unpaired) electrons. The fraction of sp³-hybridized carbons (Fsp3) is 0.800. The molecule has 2 bridgehead atoms. The van der Waals surface area contributed by atoms with E-state index >= 15 is 0 Å². The van der Waals surface area contributed by atoms with Crippen LogP contribution in [-0.2, 0) is 4.79 Å². The SMILES string of the molecule is C#CCCCCC(=O)N(C)C1CC2CCC(C1)N2. The van der Waals surface area contributed by atoms with Gasteiger partial charge < -0.3 is 10.2 Å². The highest BCUT2D eigenvalue weighted by atomic mass is 16.2. The normalized spacial score (nSPS) is 29.9. The summed E-state index contributed by atoms with van der Waals surface area (Å²) in [4.78, 5) is 14.1. The summed E-state index contributed by atoms with van der Waals surface area (Å²) in [6.07, 6.45) is 13.4. The highest BCUT2D eigenvalue weighted by Gasteiger charge is 2.36. The molecule has 2 saturated heterocycles. The monoisotopic (exact) mass is 248 g/mol. The quantitative estimate of drug-likeness (QED) is 0.595. The number of nitrogens with zero attached hydrogens (tertiary/aromatic N) is 1. The van der Waals surface area contributed by atoms with Gasteiger partial charge in [0.1, 0.15) is 0 Å². The van der Waals surface area contributed by atoms with E-state index in [1.807, 2.05) is 11.9 Å². The van der Waals surface area contributed by atoms with Gasteiger partial charge in [-0.15, -0.1) is 12.3 Å². The Morgan fingerprint density at radius 1 is 1.33 bits per heavy atom. The molecule has 2 fully saturated rings. The molecule has 2 rings (SSSR count). The van der Waals surface area contributed by atoms with Crippen LogP contribution < -0.4 is 5.32 Å². The number of rotatable bonds is 5. The number of piperidine rings is 1. The first-order valence-corrected chi connectivity index (χ1v) is 7.16. The van der Waals surface area contributed by atoms with E-state index in [1.54, 1.807) is 0 Å². The first kappa shape index (κ1) is 13.4. The minimum atomic E-state index is 0.290. The number of fused-ring (bicyclic) bond motifs is 2. The Morgan fingerprint density at radius 2 is 2.00 bits per heavy atom. The minimum Gasteiger partial charge on any atom is -0.343 e. The third-order valence-electron chi connectivity index (χ3n) is 4.35. The van der Waals surface area contributed by atoms with Crippen molar-refractivity contribution in [1.29, 1.82) is 0 Å². The van der Waals surface area contributed by atoms with E-state index in [9.17, 15) is 4.79 Å². The van der Waals surface area contributed by atoms with Gasteiger partial charge in [-0.25, -0.2) is 0 Å². The number of amides is 1. The highest BCUT2D eigenvalue weighted by Crippen LogP contribution is 2.29. The van der Waals surface area contributed by atoms with Crippen molar-refractivity contribution in [1.82, 2.24) is 10.2 Å². The summed E-state index contributed by atoms with van der Waals surface area (Å²) in [6, 6.07) is 1.74. The number of unbranched alkanes of at least 4 members (excludes halogenated alkanes) is 2. The number of carbonyl (C=O) groups is 1. The molecule has 0 aliphatic carbocycles. The molecular weight excluding hydrogens is 224 g/mol. The first-order chi connectivity index (χ1) is 8.70. The molecule has 100 valence electrons. The lowest BCUT2D eigenvalue weighted by molar-refractivity contribution is -0.132. The van der Waals surface area contributed by atoms with E-state index in [-0.39, 0.29) is 0 Å². The fourth-order valence-electron chi connectivity index (χ4n) is 3.23. The lowest BCUT2D eigenvalue weighted by Gasteiger charge is -2.35. The molecule has 2 unspecified atom stereocenters. The third kappa shape index (κ3) is 3.26. The zero-order chi connectivity index (χ0) is 13.0. The van der Waals surface area contributed by atoms with Gasteiger partial charge in [-0.2, -0.15) is 0 Å². The van der Waals surface area contributed by atoms with E-state index in [0.29, 0.717) is 30.5 Å². The van der Waals surface area contributed by atoms with Crippen molar-refractivity contribution < 1.29 is 4.79 Å². The second-order valence-electron chi connectivity index (χ2n) is 5.68. The summed E-state index contributed by atoms with van der Waals surface area (Å²) >= 11 is 0. The summed E-state index contributed by atoms with van der Waals surface area (Å²) < 4.78 is 0. The molecule has 18 heavy (non-hydrogen) atoms. The zero-order valence-corrected chi connectivity index (χ0v) is 11.3. The minimum absolute atomic E-state index is 0.290. The summed E-state index contributed by atoms with van der Waals surface area (Å²) in [5.74, 6) is 2.91. The van der Waals surface area contributed by atoms with E-state index in [0.717, 1.165) is 32.1 Å². The van der Waals surface area contributed by atoms with Gasteiger partial charge in [-0.05, 0) is 38.5 Å². The standard InChI is InChI=1S/C15H24N2O/c1-3-4-5-6-7-15(18)17(2)14-10-12-8-9-13(11-14)16-12/h1,12-14,16H,4-11H2,2H3. The summed E-state index contributed by atoms with van der Waals surface area (Å²) in [5, 5.41) is 3.61. The average Bonchev–Trinajstić information content (AvgIpc) is 2.72. The van der Waals surface area contributed by atoms with Crippen molar-refractivity contribution >= 4 is 5.91 Å². The number of carbonyl (C=O) groups excluding carboxylic acids is 1. The van der Waals surface area contributed by atoms with Crippen molar-refractivity contribution in [2.45, 2.75) is 69.5 Å². The maximum Gasteiger partial charge on any atom is 0.222 e. The van der Waals surface area contributed by atoms with Crippen molar-refractivity contribution in [3.8, 4) is 12.3 Å². The molecular formula is C15H24N2O. The summed E-state index contributed by atoms with van der Waals surface area (Å²) in [7, 11) is 1.97. The topological polar surface area (TPSA) is 32.3 Å². The second kappa shape index (κ2) is 6.24. The van der Waals surface area contributed by atoms with Crippen molar-refractivity contribution in [2.75, 3.05) is 7.05 Å². The molecule has 2 aliphatic heterocycles. The van der Waals surface area contributed by atoms with Crippen molar-refractivity contribution in [2.24, 2.45) is 0 Å². The van der Waals surface area contributed by atoms with Crippen LogP contribution in [-0.4, -0.2) is 36.0 Å². The molecule has 0 saturated carbocycles. The second-order valence-corrected chi connectivity index (χ2v) is 5.68. The Hall–Kier alpha value is -1.01. The maximum atomic E-state index is 12.1. The fourth-order valence-corrected chi connectivity index (χ4v) is 3.23. The van der Waals surface area contributed by atoms with Crippen molar-refractivity contribution in [3.05, 3.63) is 0 Å². The summed E-state index contributed by atoms with van der Waals surface area (Å²) in [6.45, 7) is 0. The van der Waals surface area contributed by atoms with Gasteiger partial charge in [-0.1, -0.05) is 0 Å². The van der Waals surface area contributed by atoms with Gasteiger partial charge in [0.25, 0.3) is 0 Å². The van der Waals surface area contributed by atoms with Crippen LogP contribution in [0.3, 0.4) is 0 Å². The van der Waals surface area contributed by atoms with Crippen LogP contribution in [0, 0.1) is 12.3 Å². The van der Waals surface area contributed by atoms with Gasteiger partial charge in [0, 0.05) is 38.0 Å². The van der Waals surface area contributed by atoms with Crippen LogP contribution in [0.4, 0.5) is 0 Å². The smallest absolute Gasteiger partial charge is 0.222 e. The van der Waals surface area contributed by atoms with Crippen LogP contribution >= 0.6 is 0 Å². The third-order valence-corrected chi connectivity index (χ3v) is 4.35. The highest BCUT2D eigenvalue weighted by molar-refractivity contribution is 5.76. The van der Waals surface area contributed by atoms with Gasteiger partial charge in [0.15, 0.2) is 0 Å². The van der Waals surface area contributed by atoms with Crippen LogP contribution in [0.2, 0.25) is 0 Å². The van der Waals surface area contributed by atoms with Crippen LogP contribution in [0.5, 0.6) is 0 Å². The molecule has 2 atom stereocenters. The number of nitrogens with one attached hydrogen (secondary N) is 1. The Bertz CT molecular complexity index is 322. The Morgan fingerprint density at radius 3 is 2.61 bits per heavy atom. The van der Waals surface area contributed by atoms with Gasteiger partial charge in [0.05, 0.1) is 0 Å². The molecule has 1 amide bonds. The Labute approximate surface area is 110 Å². The molecule has 3 heteroatoms. The predicted octanol–water partition coefficient (Wildman–Crippen LogP) is 1.92. The summed E-state index contributed by atoms with van der Waals surface area (Å²) in [5.41, 5.74) is 0. The predicted molar refractivity (Wildman–Crippen MR) is 73.0 cm³/mol. The van der Waals surface area contributed by atoms with Crippen LogP contribution in [0.1, 0.15) is 51.4 Å². The van der Waals surface area contributed by atoms with Crippen LogP contribution in [0.25, 0.3) is 0 Å². The Kier molecular flexibility index (Phi) is 4.66. The number of terminal acetylenes is 1. The molecule has 2 heterocycles. The largest absolute Gasteiger partial charge is 0.343 e. The van der Waals surface area contributed by atoms with Gasteiger partial charge >= 0.3 is 0 Å².